The van der Waals surface area contributed by atoms with Crippen LogP contribution in [0.2, 0.25) is 0 Å². The van der Waals surface area contributed by atoms with E-state index >= 15 is 0 Å². The smallest absolute Gasteiger partial charge is 0.248 e. The Kier molecular flexibility index (Phi) is 13.1. The summed E-state index contributed by atoms with van der Waals surface area (Å²) in [6.45, 7) is 8.02. The van der Waals surface area contributed by atoms with Gasteiger partial charge in [-0.25, -0.2) is 18.4 Å². The minimum atomic E-state index is -3.62. The number of methoxy groups -OCH3 is 1. The number of benzene rings is 1. The van der Waals surface area contributed by atoms with Crippen molar-refractivity contribution in [3.63, 3.8) is 0 Å². The number of nitrogens with zero attached hydrogens (tertiary/aromatic N) is 4. The van der Waals surface area contributed by atoms with Crippen molar-refractivity contribution in [1.82, 2.24) is 19.6 Å². The monoisotopic (exact) mass is 858 g/mol. The van der Waals surface area contributed by atoms with E-state index in [0.29, 0.717) is 42.9 Å². The molecule has 3 N–H and O–H groups in total. The molecule has 7 rings (SSSR count). The third-order valence-electron chi connectivity index (χ3n) is 12.3. The normalized spacial score (nSPS) is 23.4. The Labute approximate surface area is 357 Å². The van der Waals surface area contributed by atoms with Crippen LogP contribution >= 0.6 is 11.3 Å². The lowest BCUT2D eigenvalue weighted by molar-refractivity contribution is -0.138. The lowest BCUT2D eigenvalue weighted by Crippen LogP contribution is -2.47. The molecular formula is C45H58N6O7S2. The number of hydrogen-bond donors (Lipinski definition) is 2. The molecule has 3 aromatic rings. The highest BCUT2D eigenvalue weighted by Gasteiger charge is 2.52. The van der Waals surface area contributed by atoms with Crippen molar-refractivity contribution < 1.29 is 32.3 Å². The SMILES string of the molecule is COc1ccc2c(OC3CC(C(N)=O)N(C(=O)C(CCCCCC=CC4CC4C(=O)NS(=O)(=O)C4(C)CC4)N=C4C=CCCC4)C3)cc(-c3nc(C(C)C)cs3)nc2c1C. The van der Waals surface area contributed by atoms with E-state index in [9.17, 15) is 22.8 Å². The van der Waals surface area contributed by atoms with E-state index in [1.54, 1.807) is 18.9 Å². The van der Waals surface area contributed by atoms with Gasteiger partial charge in [0.2, 0.25) is 27.7 Å². The largest absolute Gasteiger partial charge is 0.496 e. The van der Waals surface area contributed by atoms with Crippen LogP contribution in [0.3, 0.4) is 0 Å². The van der Waals surface area contributed by atoms with Crippen LogP contribution in [0.25, 0.3) is 21.6 Å². The number of carbonyl (C=O) groups is 3. The van der Waals surface area contributed by atoms with Crippen LogP contribution in [0.1, 0.15) is 115 Å². The summed E-state index contributed by atoms with van der Waals surface area (Å²) in [5.74, 6) is 0.106. The van der Waals surface area contributed by atoms with E-state index in [4.69, 9.17) is 30.2 Å². The van der Waals surface area contributed by atoms with Crippen LogP contribution in [0.5, 0.6) is 11.5 Å². The zero-order valence-electron chi connectivity index (χ0n) is 35.3. The van der Waals surface area contributed by atoms with Crippen LogP contribution in [-0.4, -0.2) is 83.3 Å². The van der Waals surface area contributed by atoms with Gasteiger partial charge in [-0.15, -0.1) is 11.3 Å². The molecule has 60 heavy (non-hydrogen) atoms. The summed E-state index contributed by atoms with van der Waals surface area (Å²) < 4.78 is 38.7. The molecular weight excluding hydrogens is 801 g/mol. The van der Waals surface area contributed by atoms with Gasteiger partial charge in [0.1, 0.15) is 40.4 Å². The molecule has 2 aromatic heterocycles. The standard InChI is InChI=1S/C45H58N6O7S2/c1-27(2)36-26-59-43(49-36)35-24-39(32-18-19-38(57-5)28(3)40(32)48-35)58-31-23-37(41(46)52)51(25-31)44(54)34(47-30-15-11-9-12-16-30)17-13-8-6-7-10-14-29-22-33(29)42(53)50-60(55,56)45(4)20-21-45/h10-11,14-15,18-19,24,26-27,29,31,33-34,37H,6-9,12-13,16-17,20-23,25H2,1-5H3,(H2,46,52)(H,50,53). The molecule has 13 nitrogen and oxygen atoms in total. The Balaban J connectivity index is 1.00. The number of likely N-dealkylation sites (tertiary alicyclic amines) is 1. The second-order valence-corrected chi connectivity index (χ2v) is 20.4. The summed E-state index contributed by atoms with van der Waals surface area (Å²) in [5.41, 5.74) is 10.1. The molecule has 322 valence electrons. The third kappa shape index (κ3) is 9.77. The molecule has 2 saturated carbocycles. The van der Waals surface area contributed by atoms with Crippen LogP contribution in [0.15, 0.2) is 52.9 Å². The first kappa shape index (κ1) is 43.5. The first-order valence-electron chi connectivity index (χ1n) is 21.3. The van der Waals surface area contributed by atoms with Crippen molar-refractivity contribution in [1.29, 1.82) is 0 Å². The molecule has 1 saturated heterocycles. The maximum atomic E-state index is 14.5. The van der Waals surface area contributed by atoms with Crippen LogP contribution < -0.4 is 19.9 Å². The van der Waals surface area contributed by atoms with E-state index in [0.717, 1.165) is 77.8 Å². The van der Waals surface area contributed by atoms with E-state index in [1.807, 2.05) is 42.7 Å². The number of carbonyl (C=O) groups excluding carboxylic acids is 3. The summed E-state index contributed by atoms with van der Waals surface area (Å²) in [4.78, 5) is 56.4. The molecule has 4 aliphatic rings. The molecule has 0 spiro atoms. The fraction of sp³-hybridized carbons (Fsp3) is 0.556. The topological polar surface area (TPSA) is 183 Å². The maximum Gasteiger partial charge on any atom is 0.248 e. The first-order valence-corrected chi connectivity index (χ1v) is 23.7. The van der Waals surface area contributed by atoms with Crippen molar-refractivity contribution in [3.8, 4) is 22.2 Å². The van der Waals surface area contributed by atoms with Gasteiger partial charge in [-0.3, -0.25) is 24.1 Å². The quantitative estimate of drug-likeness (QED) is 0.0978. The number of sulfonamides is 1. The number of pyridine rings is 1. The molecule has 0 bridgehead atoms. The molecule has 15 heteroatoms. The summed E-state index contributed by atoms with van der Waals surface area (Å²) in [7, 11) is -1.99. The Hall–Kier alpha value is -4.63. The molecule has 1 aliphatic heterocycles. The van der Waals surface area contributed by atoms with Crippen molar-refractivity contribution in [2.45, 2.75) is 134 Å². The summed E-state index contributed by atoms with van der Waals surface area (Å²) in [6, 6.07) is 4.19. The third-order valence-corrected chi connectivity index (χ3v) is 15.4. The van der Waals surface area contributed by atoms with E-state index in [1.165, 1.54) is 11.3 Å². The number of amides is 3. The Bertz CT molecular complexity index is 2310. The fourth-order valence-electron chi connectivity index (χ4n) is 8.05. The minimum absolute atomic E-state index is 0.0583. The van der Waals surface area contributed by atoms with E-state index in [2.05, 4.69) is 30.7 Å². The van der Waals surface area contributed by atoms with Gasteiger partial charge in [0, 0.05) is 40.4 Å². The van der Waals surface area contributed by atoms with Crippen molar-refractivity contribution in [2.24, 2.45) is 22.6 Å². The Morgan fingerprint density at radius 1 is 1.13 bits per heavy atom. The number of aromatic nitrogens is 2. The number of ether oxygens (including phenoxy) is 2. The molecule has 5 unspecified atom stereocenters. The van der Waals surface area contributed by atoms with Crippen LogP contribution in [0.4, 0.5) is 0 Å². The molecule has 0 radical (unpaired) electrons. The second kappa shape index (κ2) is 18.2. The van der Waals surface area contributed by atoms with Crippen molar-refractivity contribution in [3.05, 3.63) is 59.1 Å². The second-order valence-electron chi connectivity index (χ2n) is 17.3. The Morgan fingerprint density at radius 2 is 1.93 bits per heavy atom. The van der Waals surface area contributed by atoms with Crippen LogP contribution in [0, 0.1) is 18.8 Å². The van der Waals surface area contributed by atoms with Gasteiger partial charge >= 0.3 is 0 Å². The molecule has 3 amide bonds. The number of aryl methyl sites for hydroxylation is 1. The number of thiazole rings is 1. The molecule has 3 aliphatic carbocycles. The average molecular weight is 859 g/mol. The van der Waals surface area contributed by atoms with Gasteiger partial charge in [0.05, 0.1) is 29.6 Å². The van der Waals surface area contributed by atoms with Gasteiger partial charge in [-0.2, -0.15) is 0 Å². The highest BCUT2D eigenvalue weighted by atomic mass is 32.2. The molecule has 5 atom stereocenters. The van der Waals surface area contributed by atoms with Gasteiger partial charge in [0.15, 0.2) is 0 Å². The lowest BCUT2D eigenvalue weighted by Gasteiger charge is -2.26. The van der Waals surface area contributed by atoms with Gasteiger partial charge in [0.25, 0.3) is 0 Å². The zero-order valence-corrected chi connectivity index (χ0v) is 36.9. The molecule has 1 aromatic carbocycles. The number of nitrogens with one attached hydrogen (secondary N) is 1. The van der Waals surface area contributed by atoms with Gasteiger partial charge in [-0.05, 0) is 102 Å². The highest BCUT2D eigenvalue weighted by Crippen LogP contribution is 2.44. The summed E-state index contributed by atoms with van der Waals surface area (Å²) >= 11 is 1.53. The number of primary amides is 1. The number of allylic oxidation sites excluding steroid dienone is 4. The summed E-state index contributed by atoms with van der Waals surface area (Å²) in [5, 5.41) is 3.61. The van der Waals surface area contributed by atoms with Gasteiger partial charge < -0.3 is 20.1 Å². The van der Waals surface area contributed by atoms with Gasteiger partial charge in [-0.1, -0.05) is 44.9 Å². The fourth-order valence-corrected chi connectivity index (χ4v) is 10.3. The number of unbranched alkanes of at least 4 members (excludes halogenated alkanes) is 3. The number of hydrogen-bond acceptors (Lipinski definition) is 11. The number of fused-ring (bicyclic) bond motifs is 1. The summed E-state index contributed by atoms with van der Waals surface area (Å²) in [6.07, 6.45) is 16.3. The van der Waals surface area contributed by atoms with E-state index in [-0.39, 0.29) is 36.6 Å². The highest BCUT2D eigenvalue weighted by molar-refractivity contribution is 7.91. The molecule has 3 fully saturated rings. The predicted octanol–water partition coefficient (Wildman–Crippen LogP) is 7.32. The number of nitrogens with two attached hydrogens (primary N) is 1. The van der Waals surface area contributed by atoms with Crippen molar-refractivity contribution >= 4 is 55.7 Å². The average Bonchev–Trinajstić information content (AvgIpc) is 4.06. The minimum Gasteiger partial charge on any atom is -0.496 e. The predicted molar refractivity (Wildman–Crippen MR) is 235 cm³/mol. The lowest BCUT2D eigenvalue weighted by atomic mass is 10.0. The van der Waals surface area contributed by atoms with Crippen molar-refractivity contribution in [2.75, 3.05) is 13.7 Å². The Morgan fingerprint density at radius 3 is 2.62 bits per heavy atom. The number of aliphatic imine (C=N–C) groups is 1. The zero-order chi connectivity index (χ0) is 42.8. The maximum absolute atomic E-state index is 14.5. The van der Waals surface area contributed by atoms with Crippen LogP contribution in [-0.2, 0) is 24.4 Å². The van der Waals surface area contributed by atoms with E-state index < -0.39 is 44.8 Å². The molecule has 3 heterocycles. The number of rotatable bonds is 18. The first-order chi connectivity index (χ1) is 28.7.